The molecule has 6 nitrogen and oxygen atoms in total. The number of hydrogen-bond acceptors (Lipinski definition) is 4. The van der Waals surface area contributed by atoms with E-state index < -0.39 is 24.5 Å². The zero-order chi connectivity index (χ0) is 21.5. The fourth-order valence-corrected chi connectivity index (χ4v) is 6.02. The van der Waals surface area contributed by atoms with Crippen LogP contribution < -0.4 is 10.6 Å². The van der Waals surface area contributed by atoms with Crippen LogP contribution in [0.3, 0.4) is 0 Å². The van der Waals surface area contributed by atoms with E-state index in [0.29, 0.717) is 23.3 Å². The molecule has 0 atom stereocenters. The van der Waals surface area contributed by atoms with E-state index in [4.69, 9.17) is 4.74 Å². The van der Waals surface area contributed by atoms with E-state index in [1.54, 1.807) is 12.1 Å². The van der Waals surface area contributed by atoms with Crippen LogP contribution in [0.2, 0.25) is 0 Å². The van der Waals surface area contributed by atoms with Crippen molar-refractivity contribution < 1.29 is 19.1 Å². The first-order chi connectivity index (χ1) is 14.1. The number of rotatable bonds is 4. The van der Waals surface area contributed by atoms with Gasteiger partial charge in [0.25, 0.3) is 5.91 Å². The molecule has 0 spiro atoms. The van der Waals surface area contributed by atoms with Gasteiger partial charge in [-0.1, -0.05) is 32.9 Å². The van der Waals surface area contributed by atoms with Crippen molar-refractivity contribution in [2.75, 3.05) is 6.61 Å². The molecule has 4 fully saturated rings. The summed E-state index contributed by atoms with van der Waals surface area (Å²) in [6.45, 7) is 5.81. The smallest absolute Gasteiger partial charge is 0.338 e. The molecule has 1 aromatic rings. The van der Waals surface area contributed by atoms with Crippen LogP contribution >= 0.6 is 0 Å². The number of ether oxygens (including phenoxy) is 1. The Hall–Kier alpha value is -2.37. The van der Waals surface area contributed by atoms with Gasteiger partial charge in [0, 0.05) is 5.54 Å². The summed E-state index contributed by atoms with van der Waals surface area (Å²) in [6, 6.07) is 6.68. The minimum Gasteiger partial charge on any atom is -0.452 e. The highest BCUT2D eigenvalue weighted by Crippen LogP contribution is 2.55. The molecule has 4 saturated carbocycles. The highest BCUT2D eigenvalue weighted by molar-refractivity contribution is 5.97. The largest absolute Gasteiger partial charge is 0.452 e. The fraction of sp³-hybridized carbons (Fsp3) is 0.625. The van der Waals surface area contributed by atoms with Crippen molar-refractivity contribution in [3.63, 3.8) is 0 Å². The van der Waals surface area contributed by atoms with Crippen molar-refractivity contribution in [1.29, 1.82) is 0 Å². The van der Waals surface area contributed by atoms with Crippen LogP contribution in [-0.2, 0) is 14.9 Å². The number of carbonyl (C=O) groups is 3. The van der Waals surface area contributed by atoms with Crippen LogP contribution in [0.25, 0.3) is 0 Å². The molecule has 0 unspecified atom stereocenters. The maximum atomic E-state index is 12.4. The molecule has 5 rings (SSSR count). The summed E-state index contributed by atoms with van der Waals surface area (Å²) in [5.41, 5.74) is 1.32. The highest BCUT2D eigenvalue weighted by Gasteiger charge is 2.51. The Morgan fingerprint density at radius 1 is 0.967 bits per heavy atom. The molecule has 0 heterocycles. The minimum atomic E-state index is -0.614. The number of hydrogen-bond donors (Lipinski definition) is 2. The van der Waals surface area contributed by atoms with Crippen LogP contribution in [-0.4, -0.2) is 30.1 Å². The maximum Gasteiger partial charge on any atom is 0.338 e. The third kappa shape index (κ3) is 4.52. The molecular weight excluding hydrogens is 380 g/mol. The molecule has 4 aliphatic rings. The number of imide groups is 1. The van der Waals surface area contributed by atoms with Crippen molar-refractivity contribution in [2.45, 2.75) is 70.3 Å². The number of carbonyl (C=O) groups excluding carboxylic acids is 3. The lowest BCUT2D eigenvalue weighted by atomic mass is 9.53. The van der Waals surface area contributed by atoms with Gasteiger partial charge in [0.1, 0.15) is 0 Å². The van der Waals surface area contributed by atoms with E-state index in [1.807, 2.05) is 12.1 Å². The van der Waals surface area contributed by atoms with Crippen LogP contribution in [0, 0.1) is 17.8 Å². The quantitative estimate of drug-likeness (QED) is 0.734. The molecule has 3 amide bonds. The number of amides is 3. The summed E-state index contributed by atoms with van der Waals surface area (Å²) in [4.78, 5) is 36.7. The molecule has 0 radical (unpaired) electrons. The number of nitrogens with one attached hydrogen (secondary N) is 2. The second-order valence-electron chi connectivity index (χ2n) is 10.6. The van der Waals surface area contributed by atoms with Gasteiger partial charge in [0.05, 0.1) is 5.56 Å². The third-order valence-corrected chi connectivity index (χ3v) is 6.99. The standard InChI is InChI=1S/C24H32N2O4/c1-23(2,3)19-6-4-18(5-7-19)21(28)30-14-20(27)25-22(29)26-24-11-15-8-16(12-24)10-17(9-15)13-24/h4-7,15-17H,8-14H2,1-3H3,(H2,25,26,27,29). The molecule has 0 saturated heterocycles. The third-order valence-electron chi connectivity index (χ3n) is 6.99. The van der Waals surface area contributed by atoms with Gasteiger partial charge in [-0.2, -0.15) is 0 Å². The number of esters is 1. The summed E-state index contributed by atoms with van der Waals surface area (Å²) in [6.07, 6.45) is 6.90. The van der Waals surface area contributed by atoms with Crippen LogP contribution in [0.4, 0.5) is 4.79 Å². The van der Waals surface area contributed by atoms with Crippen molar-refractivity contribution >= 4 is 17.9 Å². The first-order valence-corrected chi connectivity index (χ1v) is 11.0. The molecule has 4 aliphatic carbocycles. The van der Waals surface area contributed by atoms with Gasteiger partial charge >= 0.3 is 12.0 Å². The Labute approximate surface area is 178 Å². The molecule has 0 aromatic heterocycles. The Morgan fingerprint density at radius 2 is 1.50 bits per heavy atom. The van der Waals surface area contributed by atoms with Gasteiger partial charge in [-0.3, -0.25) is 10.1 Å². The number of urea groups is 1. The first-order valence-electron chi connectivity index (χ1n) is 11.0. The van der Waals surface area contributed by atoms with Crippen molar-refractivity contribution in [1.82, 2.24) is 10.6 Å². The van der Waals surface area contributed by atoms with Gasteiger partial charge < -0.3 is 10.1 Å². The van der Waals surface area contributed by atoms with E-state index in [-0.39, 0.29) is 11.0 Å². The van der Waals surface area contributed by atoms with Crippen molar-refractivity contribution in [3.8, 4) is 0 Å². The summed E-state index contributed by atoms with van der Waals surface area (Å²) in [7, 11) is 0. The monoisotopic (exact) mass is 412 g/mol. The summed E-state index contributed by atoms with van der Waals surface area (Å²) < 4.78 is 5.08. The first kappa shape index (κ1) is 20.9. The number of benzene rings is 1. The molecule has 162 valence electrons. The SMILES string of the molecule is CC(C)(C)c1ccc(C(=O)OCC(=O)NC(=O)NC23CC4CC(CC(C4)C2)C3)cc1. The predicted octanol–water partition coefficient (Wildman–Crippen LogP) is 3.94. The molecule has 2 N–H and O–H groups in total. The van der Waals surface area contributed by atoms with E-state index in [2.05, 4.69) is 31.4 Å². The molecule has 30 heavy (non-hydrogen) atoms. The van der Waals surface area contributed by atoms with Crippen molar-refractivity contribution in [2.24, 2.45) is 17.8 Å². The lowest BCUT2D eigenvalue weighted by Crippen LogP contribution is -2.62. The fourth-order valence-electron chi connectivity index (χ4n) is 6.02. The van der Waals surface area contributed by atoms with Gasteiger partial charge in [0.2, 0.25) is 0 Å². The van der Waals surface area contributed by atoms with Gasteiger partial charge in [-0.05, 0) is 79.4 Å². The summed E-state index contributed by atoms with van der Waals surface area (Å²) in [5, 5.41) is 5.41. The Kier molecular flexibility index (Phi) is 5.37. The summed E-state index contributed by atoms with van der Waals surface area (Å²) >= 11 is 0. The van der Waals surface area contributed by atoms with Crippen LogP contribution in [0.5, 0.6) is 0 Å². The molecule has 0 aliphatic heterocycles. The van der Waals surface area contributed by atoms with Gasteiger partial charge in [-0.15, -0.1) is 0 Å². The average molecular weight is 413 g/mol. The predicted molar refractivity (Wildman–Crippen MR) is 113 cm³/mol. The second-order valence-corrected chi connectivity index (χ2v) is 10.6. The van der Waals surface area contributed by atoms with E-state index in [9.17, 15) is 14.4 Å². The van der Waals surface area contributed by atoms with Crippen LogP contribution in [0.15, 0.2) is 24.3 Å². The average Bonchev–Trinajstić information content (AvgIpc) is 2.63. The molecule has 4 bridgehead atoms. The minimum absolute atomic E-state index is 0.00756. The normalized spacial score (nSPS) is 29.4. The van der Waals surface area contributed by atoms with Gasteiger partial charge in [0.15, 0.2) is 6.61 Å². The Bertz CT molecular complexity index is 802. The van der Waals surface area contributed by atoms with E-state index in [1.165, 1.54) is 19.3 Å². The Balaban J connectivity index is 1.25. The Morgan fingerprint density at radius 3 is 2.00 bits per heavy atom. The molecule has 6 heteroatoms. The lowest BCUT2D eigenvalue weighted by molar-refractivity contribution is -0.123. The zero-order valence-electron chi connectivity index (χ0n) is 18.1. The van der Waals surface area contributed by atoms with E-state index >= 15 is 0 Å². The highest BCUT2D eigenvalue weighted by atomic mass is 16.5. The maximum absolute atomic E-state index is 12.4. The molecular formula is C24H32N2O4. The topological polar surface area (TPSA) is 84.5 Å². The zero-order valence-corrected chi connectivity index (χ0v) is 18.1. The van der Waals surface area contributed by atoms with Crippen LogP contribution in [0.1, 0.15) is 75.2 Å². The van der Waals surface area contributed by atoms with Crippen molar-refractivity contribution in [3.05, 3.63) is 35.4 Å². The van der Waals surface area contributed by atoms with Gasteiger partial charge in [-0.25, -0.2) is 9.59 Å². The molecule has 1 aromatic carbocycles. The van der Waals surface area contributed by atoms with E-state index in [0.717, 1.165) is 24.8 Å². The summed E-state index contributed by atoms with van der Waals surface area (Å²) in [5.74, 6) is 0.928. The second kappa shape index (κ2) is 7.71. The lowest BCUT2D eigenvalue weighted by Gasteiger charge is -2.56.